The minimum Gasteiger partial charge on any atom is -0.460 e. The third kappa shape index (κ3) is 2.67. The van der Waals surface area contributed by atoms with E-state index in [0.717, 1.165) is 10.9 Å². The maximum Gasteiger partial charge on any atom is 0.229 e. The van der Waals surface area contributed by atoms with E-state index in [4.69, 9.17) is 26.2 Å². The zero-order valence-electron chi connectivity index (χ0n) is 11.4. The molecule has 1 aromatic carbocycles. The summed E-state index contributed by atoms with van der Waals surface area (Å²) in [6, 6.07) is 5.16. The summed E-state index contributed by atoms with van der Waals surface area (Å²) in [5, 5.41) is 39.9. The second kappa shape index (κ2) is 6.04. The highest BCUT2D eigenvalue weighted by Crippen LogP contribution is 2.31. The number of nitrogens with one attached hydrogen (secondary N) is 1. The van der Waals surface area contributed by atoms with Crippen LogP contribution >= 0.6 is 11.6 Å². The number of aliphatic hydroxyl groups is 4. The van der Waals surface area contributed by atoms with E-state index in [-0.39, 0.29) is 0 Å². The van der Waals surface area contributed by atoms with Crippen LogP contribution in [0, 0.1) is 0 Å². The van der Waals surface area contributed by atoms with Gasteiger partial charge in [-0.15, -0.1) is 0 Å². The van der Waals surface area contributed by atoms with Gasteiger partial charge in [0.05, 0.1) is 12.1 Å². The van der Waals surface area contributed by atoms with E-state index in [1.54, 1.807) is 24.4 Å². The molecule has 0 spiro atoms. The predicted octanol–water partition coefficient (Wildman–Crippen LogP) is -0.000000000000000278. The van der Waals surface area contributed by atoms with Crippen molar-refractivity contribution in [2.45, 2.75) is 30.7 Å². The highest BCUT2D eigenvalue weighted by molar-refractivity contribution is 6.31. The lowest BCUT2D eigenvalue weighted by atomic mass is 9.99. The molecule has 0 amide bonds. The van der Waals surface area contributed by atoms with Crippen molar-refractivity contribution in [3.05, 3.63) is 29.4 Å². The summed E-state index contributed by atoms with van der Waals surface area (Å²) in [5.74, 6) is 0.399. The van der Waals surface area contributed by atoms with Gasteiger partial charge in [-0.25, -0.2) is 0 Å². The van der Waals surface area contributed by atoms with Gasteiger partial charge >= 0.3 is 0 Å². The average molecular weight is 330 g/mol. The smallest absolute Gasteiger partial charge is 0.229 e. The van der Waals surface area contributed by atoms with E-state index < -0.39 is 37.3 Å². The average Bonchev–Trinajstić information content (AvgIpc) is 2.90. The van der Waals surface area contributed by atoms with Gasteiger partial charge in [0.15, 0.2) is 0 Å². The van der Waals surface area contributed by atoms with Crippen molar-refractivity contribution in [3.8, 4) is 5.75 Å². The largest absolute Gasteiger partial charge is 0.460 e. The first-order valence-electron chi connectivity index (χ1n) is 6.75. The molecule has 0 saturated carbocycles. The Morgan fingerprint density at radius 3 is 2.68 bits per heavy atom. The zero-order valence-corrected chi connectivity index (χ0v) is 12.1. The van der Waals surface area contributed by atoms with Gasteiger partial charge in [-0.05, 0) is 18.2 Å². The minimum absolute atomic E-state index is 0.399. The topological polar surface area (TPSA) is 115 Å². The fourth-order valence-electron chi connectivity index (χ4n) is 2.46. The molecule has 22 heavy (non-hydrogen) atoms. The number of ether oxygens (including phenoxy) is 2. The third-order valence-electron chi connectivity index (χ3n) is 3.70. The minimum atomic E-state index is -1.48. The van der Waals surface area contributed by atoms with E-state index in [1.807, 2.05) is 0 Å². The molecule has 0 bridgehead atoms. The number of rotatable bonds is 3. The Morgan fingerprint density at radius 2 is 1.95 bits per heavy atom. The van der Waals surface area contributed by atoms with Crippen LogP contribution in [0.2, 0.25) is 5.02 Å². The maximum absolute atomic E-state index is 9.96. The molecule has 1 aliphatic rings. The monoisotopic (exact) mass is 329 g/mol. The normalized spacial score (nSPS) is 32.3. The number of fused-ring (bicyclic) bond motifs is 1. The van der Waals surface area contributed by atoms with Crippen LogP contribution in [-0.2, 0) is 4.74 Å². The van der Waals surface area contributed by atoms with E-state index in [1.165, 1.54) is 0 Å². The molecule has 1 fully saturated rings. The molecule has 2 heterocycles. The van der Waals surface area contributed by atoms with Crippen LogP contribution in [0.15, 0.2) is 24.4 Å². The lowest BCUT2D eigenvalue weighted by molar-refractivity contribution is -0.277. The number of benzene rings is 1. The van der Waals surface area contributed by atoms with Crippen LogP contribution in [0.25, 0.3) is 10.9 Å². The van der Waals surface area contributed by atoms with Gasteiger partial charge in [-0.2, -0.15) is 0 Å². The number of aromatic nitrogens is 1. The number of halogens is 1. The zero-order chi connectivity index (χ0) is 15.9. The Labute approximate surface area is 130 Å². The molecular weight excluding hydrogens is 314 g/mol. The molecule has 2 aromatic rings. The molecule has 5 atom stereocenters. The van der Waals surface area contributed by atoms with Gasteiger partial charge in [0.25, 0.3) is 0 Å². The van der Waals surface area contributed by atoms with Gasteiger partial charge in [-0.1, -0.05) is 11.6 Å². The first-order valence-corrected chi connectivity index (χ1v) is 7.13. The highest BCUT2D eigenvalue weighted by atomic mass is 35.5. The maximum atomic E-state index is 9.96. The lowest BCUT2D eigenvalue weighted by Gasteiger charge is -2.39. The first kappa shape index (κ1) is 15.5. The van der Waals surface area contributed by atoms with Crippen LogP contribution < -0.4 is 4.74 Å². The molecule has 1 saturated heterocycles. The molecule has 1 aromatic heterocycles. The molecule has 5 N–H and O–H groups in total. The molecule has 3 rings (SSSR count). The Hall–Kier alpha value is -1.35. The Balaban J connectivity index is 1.84. The molecule has 0 unspecified atom stereocenters. The standard InChI is InChI=1S/C14H16ClNO6/c15-6-1-2-7-8(3-6)16-4-9(7)21-14-13(20)12(19)11(18)10(5-17)22-14/h1-4,10-14,16-20H,5H2/t10-,11+,12+,13+,14+/m0/s1. The highest BCUT2D eigenvalue weighted by Gasteiger charge is 2.44. The molecule has 8 heteroatoms. The Morgan fingerprint density at radius 1 is 1.18 bits per heavy atom. The molecule has 0 aliphatic carbocycles. The van der Waals surface area contributed by atoms with Crippen molar-refractivity contribution in [2.24, 2.45) is 0 Å². The molecule has 0 radical (unpaired) electrons. The van der Waals surface area contributed by atoms with Crippen molar-refractivity contribution < 1.29 is 29.9 Å². The molecule has 1 aliphatic heterocycles. The van der Waals surface area contributed by atoms with Gasteiger partial charge < -0.3 is 34.9 Å². The van der Waals surface area contributed by atoms with Crippen molar-refractivity contribution in [1.82, 2.24) is 4.98 Å². The summed E-state index contributed by atoms with van der Waals surface area (Å²) in [7, 11) is 0. The van der Waals surface area contributed by atoms with Crippen LogP contribution in [-0.4, -0.2) is 62.7 Å². The number of aromatic amines is 1. The SMILES string of the molecule is OC[C@@H]1O[C@@H](Oc2c[nH]c3cc(Cl)ccc23)[C@H](O)[C@H](O)[C@@H]1O. The van der Waals surface area contributed by atoms with Crippen LogP contribution in [0.4, 0.5) is 0 Å². The quantitative estimate of drug-likeness (QED) is 0.541. The fraction of sp³-hybridized carbons (Fsp3) is 0.429. The van der Waals surface area contributed by atoms with Crippen LogP contribution in [0.1, 0.15) is 0 Å². The molecule has 7 nitrogen and oxygen atoms in total. The Kier molecular flexibility index (Phi) is 4.26. The summed E-state index contributed by atoms with van der Waals surface area (Å²) in [6.07, 6.45) is -5.00. The van der Waals surface area contributed by atoms with Gasteiger partial charge in [-0.3, -0.25) is 0 Å². The predicted molar refractivity (Wildman–Crippen MR) is 77.7 cm³/mol. The first-order chi connectivity index (χ1) is 10.5. The van der Waals surface area contributed by atoms with E-state index in [0.29, 0.717) is 10.8 Å². The van der Waals surface area contributed by atoms with Gasteiger partial charge in [0.1, 0.15) is 30.2 Å². The van der Waals surface area contributed by atoms with Crippen molar-refractivity contribution in [2.75, 3.05) is 6.61 Å². The number of hydrogen-bond donors (Lipinski definition) is 5. The number of aliphatic hydroxyl groups excluding tert-OH is 4. The van der Waals surface area contributed by atoms with Gasteiger partial charge in [0.2, 0.25) is 6.29 Å². The summed E-state index contributed by atoms with van der Waals surface area (Å²) in [5.41, 5.74) is 0.743. The molecular formula is C14H16ClNO6. The second-order valence-corrected chi connectivity index (χ2v) is 5.59. The Bertz CT molecular complexity index is 660. The van der Waals surface area contributed by atoms with Crippen molar-refractivity contribution >= 4 is 22.5 Å². The summed E-state index contributed by atoms with van der Waals surface area (Å²) < 4.78 is 10.9. The van der Waals surface area contributed by atoms with Crippen molar-refractivity contribution in [1.29, 1.82) is 0 Å². The fourth-order valence-corrected chi connectivity index (χ4v) is 2.63. The molecule has 120 valence electrons. The summed E-state index contributed by atoms with van der Waals surface area (Å²) >= 11 is 5.90. The van der Waals surface area contributed by atoms with Crippen molar-refractivity contribution in [3.63, 3.8) is 0 Å². The van der Waals surface area contributed by atoms with Crippen LogP contribution in [0.3, 0.4) is 0 Å². The summed E-state index contributed by atoms with van der Waals surface area (Å²) in [4.78, 5) is 2.97. The van der Waals surface area contributed by atoms with E-state index in [2.05, 4.69) is 4.98 Å². The van der Waals surface area contributed by atoms with E-state index >= 15 is 0 Å². The van der Waals surface area contributed by atoms with E-state index in [9.17, 15) is 15.3 Å². The lowest BCUT2D eigenvalue weighted by Crippen LogP contribution is -2.60. The third-order valence-corrected chi connectivity index (χ3v) is 3.93. The second-order valence-electron chi connectivity index (χ2n) is 5.16. The number of hydrogen-bond acceptors (Lipinski definition) is 6. The van der Waals surface area contributed by atoms with Gasteiger partial charge in [0, 0.05) is 16.6 Å². The van der Waals surface area contributed by atoms with Crippen LogP contribution in [0.5, 0.6) is 5.75 Å². The number of H-pyrrole nitrogens is 1. The summed E-state index contributed by atoms with van der Waals surface area (Å²) in [6.45, 7) is -0.506.